The minimum absolute atomic E-state index is 0.0161. The molecule has 1 aromatic heterocycles. The first-order valence-electron chi connectivity index (χ1n) is 6.31. The number of thiazole rings is 1. The van der Waals surface area contributed by atoms with Crippen LogP contribution in [0.15, 0.2) is 29.6 Å². The van der Waals surface area contributed by atoms with Crippen LogP contribution in [0.3, 0.4) is 0 Å². The minimum Gasteiger partial charge on any atom is -0.307 e. The van der Waals surface area contributed by atoms with Gasteiger partial charge in [-0.05, 0) is 13.1 Å². The van der Waals surface area contributed by atoms with E-state index >= 15 is 0 Å². The topological polar surface area (TPSA) is 24.9 Å². The molecule has 2 rings (SSSR count). The van der Waals surface area contributed by atoms with Crippen LogP contribution in [-0.4, -0.2) is 12.0 Å². The molecule has 0 saturated carbocycles. The van der Waals surface area contributed by atoms with Crippen LogP contribution in [-0.2, 0) is 5.41 Å². The molecule has 0 amide bonds. The van der Waals surface area contributed by atoms with E-state index in [1.165, 1.54) is 6.07 Å². The first-order chi connectivity index (χ1) is 8.93. The first-order valence-corrected chi connectivity index (χ1v) is 7.19. The van der Waals surface area contributed by atoms with Crippen LogP contribution in [0.5, 0.6) is 0 Å². The summed E-state index contributed by atoms with van der Waals surface area (Å²) in [6.45, 7) is 6.38. The highest BCUT2D eigenvalue weighted by molar-refractivity contribution is 7.09. The molecule has 2 nitrogen and oxygen atoms in total. The Bertz CT molecular complexity index is 557. The van der Waals surface area contributed by atoms with E-state index in [-0.39, 0.29) is 17.3 Å². The maximum atomic E-state index is 13.9. The van der Waals surface area contributed by atoms with Crippen molar-refractivity contribution in [2.75, 3.05) is 7.05 Å². The lowest BCUT2D eigenvalue weighted by Crippen LogP contribution is -2.19. The summed E-state index contributed by atoms with van der Waals surface area (Å²) in [7, 11) is 1.83. The molecule has 0 aliphatic rings. The van der Waals surface area contributed by atoms with Crippen LogP contribution >= 0.6 is 11.3 Å². The lowest BCUT2D eigenvalue weighted by atomic mass is 9.93. The Kier molecular flexibility index (Phi) is 4.02. The van der Waals surface area contributed by atoms with Gasteiger partial charge in [-0.25, -0.2) is 9.37 Å². The van der Waals surface area contributed by atoms with Gasteiger partial charge in [0.2, 0.25) is 0 Å². The lowest BCUT2D eigenvalue weighted by Gasteiger charge is -2.16. The van der Waals surface area contributed by atoms with Gasteiger partial charge in [-0.15, -0.1) is 11.3 Å². The van der Waals surface area contributed by atoms with Crippen LogP contribution in [0.1, 0.15) is 43.1 Å². The van der Waals surface area contributed by atoms with Crippen molar-refractivity contribution >= 4 is 11.3 Å². The van der Waals surface area contributed by atoms with E-state index in [4.69, 9.17) is 0 Å². The Hall–Kier alpha value is -1.26. The van der Waals surface area contributed by atoms with E-state index in [0.29, 0.717) is 5.56 Å². The predicted octanol–water partition coefficient (Wildman–Crippen LogP) is 3.89. The Labute approximate surface area is 117 Å². The summed E-state index contributed by atoms with van der Waals surface area (Å²) in [4.78, 5) is 4.66. The van der Waals surface area contributed by atoms with Crippen molar-refractivity contribution in [3.8, 4) is 0 Å². The Morgan fingerprint density at radius 3 is 2.47 bits per heavy atom. The van der Waals surface area contributed by atoms with Crippen LogP contribution < -0.4 is 5.32 Å². The fourth-order valence-electron chi connectivity index (χ4n) is 1.89. The number of aromatic nitrogens is 1. The number of hydrogen-bond acceptors (Lipinski definition) is 3. The molecule has 1 N–H and O–H groups in total. The second kappa shape index (κ2) is 5.39. The van der Waals surface area contributed by atoms with E-state index < -0.39 is 0 Å². The van der Waals surface area contributed by atoms with Crippen molar-refractivity contribution in [3.63, 3.8) is 0 Å². The van der Waals surface area contributed by atoms with E-state index in [0.717, 1.165) is 10.7 Å². The van der Waals surface area contributed by atoms with Crippen LogP contribution in [0.2, 0.25) is 0 Å². The largest absolute Gasteiger partial charge is 0.307 e. The summed E-state index contributed by atoms with van der Waals surface area (Å²) < 4.78 is 13.9. The van der Waals surface area contributed by atoms with Crippen molar-refractivity contribution in [2.24, 2.45) is 0 Å². The number of halogens is 1. The average Bonchev–Trinajstić information content (AvgIpc) is 2.82. The van der Waals surface area contributed by atoms with Gasteiger partial charge in [-0.1, -0.05) is 39.0 Å². The molecular weight excluding hydrogens is 259 g/mol. The predicted molar refractivity (Wildman–Crippen MR) is 78.1 cm³/mol. The molecule has 0 aliphatic carbocycles. The molecule has 0 bridgehead atoms. The Morgan fingerprint density at radius 2 is 1.95 bits per heavy atom. The van der Waals surface area contributed by atoms with Crippen molar-refractivity contribution in [1.82, 2.24) is 10.3 Å². The van der Waals surface area contributed by atoms with E-state index in [2.05, 4.69) is 36.5 Å². The molecule has 102 valence electrons. The lowest BCUT2D eigenvalue weighted by molar-refractivity contribution is 0.556. The second-order valence-corrected chi connectivity index (χ2v) is 6.45. The molecule has 1 atom stereocenters. The highest BCUT2D eigenvalue weighted by Crippen LogP contribution is 2.30. The second-order valence-electron chi connectivity index (χ2n) is 5.56. The number of hydrogen-bond donors (Lipinski definition) is 1. The number of nitrogens with one attached hydrogen (secondary N) is 1. The van der Waals surface area contributed by atoms with Gasteiger partial charge in [-0.2, -0.15) is 0 Å². The Balaban J connectivity index is 2.38. The number of rotatable bonds is 3. The maximum absolute atomic E-state index is 13.9. The molecule has 0 spiro atoms. The summed E-state index contributed by atoms with van der Waals surface area (Å²) in [6.07, 6.45) is 0. The van der Waals surface area contributed by atoms with Gasteiger partial charge >= 0.3 is 0 Å². The standard InChI is InChI=1S/C15H19FN2S/c1-15(2,3)12-9-19-14(18-12)13(17-4)10-7-5-6-8-11(10)16/h5-9,13,17H,1-4H3. The van der Waals surface area contributed by atoms with Crippen LogP contribution in [0.25, 0.3) is 0 Å². The Morgan fingerprint density at radius 1 is 1.26 bits per heavy atom. The van der Waals surface area contributed by atoms with Crippen molar-refractivity contribution < 1.29 is 4.39 Å². The summed E-state index contributed by atoms with van der Waals surface area (Å²) >= 11 is 1.57. The average molecular weight is 278 g/mol. The molecule has 1 unspecified atom stereocenters. The van der Waals surface area contributed by atoms with Gasteiger partial charge < -0.3 is 5.32 Å². The van der Waals surface area contributed by atoms with Crippen molar-refractivity contribution in [2.45, 2.75) is 32.2 Å². The fraction of sp³-hybridized carbons (Fsp3) is 0.400. The third-order valence-electron chi connectivity index (χ3n) is 3.04. The van der Waals surface area contributed by atoms with Gasteiger partial charge in [0, 0.05) is 16.4 Å². The van der Waals surface area contributed by atoms with Crippen LogP contribution in [0, 0.1) is 5.82 Å². The SMILES string of the molecule is CNC(c1nc(C(C)(C)C)cs1)c1ccccc1F. The zero-order valence-electron chi connectivity index (χ0n) is 11.7. The molecule has 0 radical (unpaired) electrons. The summed E-state index contributed by atoms with van der Waals surface area (Å²) in [5, 5.41) is 6.10. The van der Waals surface area contributed by atoms with Crippen LogP contribution in [0.4, 0.5) is 4.39 Å². The number of nitrogens with zero attached hydrogens (tertiary/aromatic N) is 1. The monoisotopic (exact) mass is 278 g/mol. The molecule has 0 fully saturated rings. The van der Waals surface area contributed by atoms with E-state index in [1.807, 2.05) is 13.1 Å². The van der Waals surface area contributed by atoms with Crippen molar-refractivity contribution in [3.05, 3.63) is 51.7 Å². The molecule has 1 heterocycles. The zero-order valence-corrected chi connectivity index (χ0v) is 12.5. The molecule has 4 heteroatoms. The summed E-state index contributed by atoms with van der Waals surface area (Å²) in [5.41, 5.74) is 1.70. The van der Waals surface area contributed by atoms with E-state index in [9.17, 15) is 4.39 Å². The molecule has 1 aromatic carbocycles. The smallest absolute Gasteiger partial charge is 0.128 e. The third-order valence-corrected chi connectivity index (χ3v) is 3.95. The first kappa shape index (κ1) is 14.2. The quantitative estimate of drug-likeness (QED) is 0.921. The minimum atomic E-state index is -0.200. The summed E-state index contributed by atoms with van der Waals surface area (Å²) in [6, 6.07) is 6.64. The van der Waals surface area contributed by atoms with Gasteiger partial charge in [0.1, 0.15) is 10.8 Å². The van der Waals surface area contributed by atoms with Gasteiger partial charge in [-0.3, -0.25) is 0 Å². The van der Waals surface area contributed by atoms with Gasteiger partial charge in [0.25, 0.3) is 0 Å². The molecule has 0 aliphatic heterocycles. The van der Waals surface area contributed by atoms with Gasteiger partial charge in [0.05, 0.1) is 11.7 Å². The molecule has 0 saturated heterocycles. The summed E-state index contributed by atoms with van der Waals surface area (Å²) in [5.74, 6) is -0.200. The zero-order chi connectivity index (χ0) is 14.0. The highest BCUT2D eigenvalue weighted by Gasteiger charge is 2.23. The maximum Gasteiger partial charge on any atom is 0.128 e. The van der Waals surface area contributed by atoms with Gasteiger partial charge in [0.15, 0.2) is 0 Å². The fourth-order valence-corrected chi connectivity index (χ4v) is 3.06. The molecular formula is C15H19FN2S. The molecule has 2 aromatic rings. The third kappa shape index (κ3) is 3.01. The number of benzene rings is 1. The van der Waals surface area contributed by atoms with Crippen molar-refractivity contribution in [1.29, 1.82) is 0 Å². The van der Waals surface area contributed by atoms with E-state index in [1.54, 1.807) is 23.5 Å². The highest BCUT2D eigenvalue weighted by atomic mass is 32.1. The molecule has 19 heavy (non-hydrogen) atoms. The normalized spacial score (nSPS) is 13.5.